The Morgan fingerprint density at radius 1 is 1.22 bits per heavy atom. The van der Waals surface area contributed by atoms with E-state index in [0.717, 1.165) is 18.3 Å². The van der Waals surface area contributed by atoms with E-state index in [4.69, 9.17) is 0 Å². The molecule has 3 unspecified atom stereocenters. The first kappa shape index (κ1) is 12.0. The van der Waals surface area contributed by atoms with Crippen LogP contribution in [-0.4, -0.2) is 42.2 Å². The summed E-state index contributed by atoms with van der Waals surface area (Å²) in [5.41, 5.74) is 1.32. The van der Waals surface area contributed by atoms with Crippen molar-refractivity contribution >= 4 is 0 Å². The molecular weight excluding hydrogens is 224 g/mol. The molecule has 0 bridgehead atoms. The van der Waals surface area contributed by atoms with Gasteiger partial charge in [-0.2, -0.15) is 0 Å². The SMILES string of the molecule is CC(Cc1ccc(O)cc1)N1CC2CNCC2C1. The number of likely N-dealkylation sites (tertiary alicyclic amines) is 1. The molecule has 0 aromatic heterocycles. The molecule has 98 valence electrons. The standard InChI is InChI=1S/C15H22N2O/c1-11(6-12-2-4-15(18)5-3-12)17-9-13-7-16-8-14(13)10-17/h2-5,11,13-14,16,18H,6-10H2,1H3. The predicted octanol–water partition coefficient (Wildman–Crippen LogP) is 1.47. The van der Waals surface area contributed by atoms with E-state index in [2.05, 4.69) is 17.1 Å². The number of aromatic hydroxyl groups is 1. The highest BCUT2D eigenvalue weighted by Crippen LogP contribution is 2.28. The van der Waals surface area contributed by atoms with E-state index in [0.29, 0.717) is 11.8 Å². The minimum absolute atomic E-state index is 0.355. The summed E-state index contributed by atoms with van der Waals surface area (Å²) >= 11 is 0. The van der Waals surface area contributed by atoms with Crippen molar-refractivity contribution in [3.63, 3.8) is 0 Å². The van der Waals surface area contributed by atoms with Gasteiger partial charge in [0.05, 0.1) is 0 Å². The Morgan fingerprint density at radius 3 is 2.44 bits per heavy atom. The lowest BCUT2D eigenvalue weighted by molar-refractivity contribution is 0.239. The van der Waals surface area contributed by atoms with Crippen LogP contribution in [0.4, 0.5) is 0 Å². The highest BCUT2D eigenvalue weighted by molar-refractivity contribution is 5.26. The number of nitrogens with zero attached hydrogens (tertiary/aromatic N) is 1. The first-order valence-electron chi connectivity index (χ1n) is 6.95. The summed E-state index contributed by atoms with van der Waals surface area (Å²) < 4.78 is 0. The lowest BCUT2D eigenvalue weighted by Crippen LogP contribution is -2.35. The third-order valence-electron chi connectivity index (χ3n) is 4.51. The van der Waals surface area contributed by atoms with Gasteiger partial charge in [0.1, 0.15) is 5.75 Å². The van der Waals surface area contributed by atoms with Crippen molar-refractivity contribution in [3.05, 3.63) is 29.8 Å². The fourth-order valence-corrected chi connectivity index (χ4v) is 3.35. The van der Waals surface area contributed by atoms with Crippen LogP contribution < -0.4 is 5.32 Å². The molecule has 0 aliphatic carbocycles. The quantitative estimate of drug-likeness (QED) is 0.848. The second-order valence-electron chi connectivity index (χ2n) is 5.85. The fraction of sp³-hybridized carbons (Fsp3) is 0.600. The van der Waals surface area contributed by atoms with Gasteiger partial charge in [0.2, 0.25) is 0 Å². The summed E-state index contributed by atoms with van der Waals surface area (Å²) in [6.07, 6.45) is 1.08. The molecule has 2 aliphatic rings. The van der Waals surface area contributed by atoms with E-state index in [1.165, 1.54) is 31.7 Å². The van der Waals surface area contributed by atoms with E-state index < -0.39 is 0 Å². The molecule has 0 spiro atoms. The topological polar surface area (TPSA) is 35.5 Å². The van der Waals surface area contributed by atoms with Gasteiger partial charge in [-0.25, -0.2) is 0 Å². The minimum Gasteiger partial charge on any atom is -0.508 e. The number of phenols is 1. The Morgan fingerprint density at radius 2 is 1.83 bits per heavy atom. The normalized spacial score (nSPS) is 29.4. The maximum Gasteiger partial charge on any atom is 0.115 e. The predicted molar refractivity (Wildman–Crippen MR) is 72.7 cm³/mol. The van der Waals surface area contributed by atoms with Gasteiger partial charge in [-0.1, -0.05) is 12.1 Å². The van der Waals surface area contributed by atoms with Crippen LogP contribution in [-0.2, 0) is 6.42 Å². The number of nitrogens with one attached hydrogen (secondary N) is 1. The highest BCUT2D eigenvalue weighted by atomic mass is 16.3. The van der Waals surface area contributed by atoms with Crippen LogP contribution in [0, 0.1) is 11.8 Å². The van der Waals surface area contributed by atoms with E-state index in [-0.39, 0.29) is 0 Å². The first-order valence-corrected chi connectivity index (χ1v) is 6.95. The zero-order valence-electron chi connectivity index (χ0n) is 11.0. The van der Waals surface area contributed by atoms with Gasteiger partial charge in [0.25, 0.3) is 0 Å². The van der Waals surface area contributed by atoms with E-state index in [1.54, 1.807) is 12.1 Å². The molecule has 3 rings (SSSR count). The molecule has 0 saturated carbocycles. The monoisotopic (exact) mass is 246 g/mol. The van der Waals surface area contributed by atoms with Crippen molar-refractivity contribution in [2.75, 3.05) is 26.2 Å². The van der Waals surface area contributed by atoms with Crippen LogP contribution in [0.5, 0.6) is 5.75 Å². The number of phenolic OH excluding ortho intramolecular Hbond substituents is 1. The Kier molecular flexibility index (Phi) is 3.27. The molecule has 3 atom stereocenters. The summed E-state index contributed by atoms with van der Waals surface area (Å²) in [5, 5.41) is 12.8. The Bertz CT molecular complexity index is 391. The molecule has 2 heterocycles. The summed E-state index contributed by atoms with van der Waals surface area (Å²) in [6.45, 7) is 7.22. The molecule has 18 heavy (non-hydrogen) atoms. The van der Waals surface area contributed by atoms with Crippen molar-refractivity contribution in [3.8, 4) is 5.75 Å². The van der Waals surface area contributed by atoms with Crippen LogP contribution in [0.15, 0.2) is 24.3 Å². The second-order valence-corrected chi connectivity index (χ2v) is 5.85. The number of rotatable bonds is 3. The maximum atomic E-state index is 9.29. The third-order valence-corrected chi connectivity index (χ3v) is 4.51. The van der Waals surface area contributed by atoms with E-state index in [1.807, 2.05) is 12.1 Å². The van der Waals surface area contributed by atoms with Crippen LogP contribution in [0.2, 0.25) is 0 Å². The summed E-state index contributed by atoms with van der Waals surface area (Å²) in [7, 11) is 0. The zero-order chi connectivity index (χ0) is 12.5. The largest absolute Gasteiger partial charge is 0.508 e. The van der Waals surface area contributed by atoms with Crippen molar-refractivity contribution < 1.29 is 5.11 Å². The second kappa shape index (κ2) is 4.90. The fourth-order valence-electron chi connectivity index (χ4n) is 3.35. The number of fused-ring (bicyclic) bond motifs is 1. The molecule has 3 heteroatoms. The molecule has 2 fully saturated rings. The van der Waals surface area contributed by atoms with Gasteiger partial charge < -0.3 is 10.4 Å². The van der Waals surface area contributed by atoms with Crippen LogP contribution in [0.3, 0.4) is 0 Å². The lowest BCUT2D eigenvalue weighted by Gasteiger charge is -2.25. The van der Waals surface area contributed by atoms with Crippen LogP contribution >= 0.6 is 0 Å². The summed E-state index contributed by atoms with van der Waals surface area (Å²) in [5.74, 6) is 2.09. The molecule has 1 aromatic rings. The zero-order valence-corrected chi connectivity index (χ0v) is 11.0. The number of hydrogen-bond donors (Lipinski definition) is 2. The number of benzene rings is 1. The van der Waals surface area contributed by atoms with Gasteiger partial charge in [-0.15, -0.1) is 0 Å². The van der Waals surface area contributed by atoms with Crippen LogP contribution in [0.25, 0.3) is 0 Å². The molecule has 2 N–H and O–H groups in total. The van der Waals surface area contributed by atoms with Crippen molar-refractivity contribution in [1.29, 1.82) is 0 Å². The molecule has 1 aromatic carbocycles. The van der Waals surface area contributed by atoms with Gasteiger partial charge in [0.15, 0.2) is 0 Å². The van der Waals surface area contributed by atoms with Crippen LogP contribution in [0.1, 0.15) is 12.5 Å². The molecular formula is C15H22N2O. The third kappa shape index (κ3) is 2.38. The minimum atomic E-state index is 0.355. The van der Waals surface area contributed by atoms with E-state index in [9.17, 15) is 5.11 Å². The lowest BCUT2D eigenvalue weighted by atomic mass is 10.0. The Balaban J connectivity index is 1.58. The Hall–Kier alpha value is -1.06. The smallest absolute Gasteiger partial charge is 0.115 e. The molecule has 2 aliphatic heterocycles. The highest BCUT2D eigenvalue weighted by Gasteiger charge is 2.37. The van der Waals surface area contributed by atoms with Gasteiger partial charge >= 0.3 is 0 Å². The van der Waals surface area contributed by atoms with Crippen molar-refractivity contribution in [2.24, 2.45) is 11.8 Å². The summed E-state index contributed by atoms with van der Waals surface area (Å²) in [4.78, 5) is 2.63. The average Bonchev–Trinajstić information content (AvgIpc) is 2.92. The average molecular weight is 246 g/mol. The van der Waals surface area contributed by atoms with Gasteiger partial charge in [0, 0.05) is 19.1 Å². The molecule has 0 radical (unpaired) electrons. The van der Waals surface area contributed by atoms with Crippen molar-refractivity contribution in [1.82, 2.24) is 10.2 Å². The maximum absolute atomic E-state index is 9.29. The molecule has 3 nitrogen and oxygen atoms in total. The first-order chi connectivity index (χ1) is 8.72. The van der Waals surface area contributed by atoms with Crippen molar-refractivity contribution in [2.45, 2.75) is 19.4 Å². The van der Waals surface area contributed by atoms with Gasteiger partial charge in [-0.05, 0) is 56.0 Å². The van der Waals surface area contributed by atoms with Gasteiger partial charge in [-0.3, -0.25) is 4.90 Å². The summed E-state index contributed by atoms with van der Waals surface area (Å²) in [6, 6.07) is 8.23. The number of hydrogen-bond acceptors (Lipinski definition) is 3. The molecule has 2 saturated heterocycles. The Labute approximate surface area is 109 Å². The molecule has 0 amide bonds. The van der Waals surface area contributed by atoms with E-state index >= 15 is 0 Å².